The summed E-state index contributed by atoms with van der Waals surface area (Å²) in [6.45, 7) is 10.7. The predicted molar refractivity (Wildman–Crippen MR) is 76.8 cm³/mol. The Kier molecular flexibility index (Phi) is 5.76. The highest BCUT2D eigenvalue weighted by molar-refractivity contribution is 6.74. The maximum Gasteiger partial charge on any atom is 0.192 e. The minimum atomic E-state index is -1.97. The van der Waals surface area contributed by atoms with Crippen molar-refractivity contribution in [2.75, 3.05) is 13.7 Å². The van der Waals surface area contributed by atoms with Gasteiger partial charge in [-0.1, -0.05) is 20.8 Å². The first-order valence-electron chi connectivity index (χ1n) is 6.87. The van der Waals surface area contributed by atoms with Crippen LogP contribution < -0.4 is 0 Å². The fourth-order valence-electron chi connectivity index (χ4n) is 1.76. The molecule has 1 aliphatic heterocycles. The SMILES string of the molecule is CO[C@H]1OC(CO[Si](C)(C)C(C)(C)C)[C@H](O)C(O)C1O. The van der Waals surface area contributed by atoms with E-state index in [9.17, 15) is 15.3 Å². The van der Waals surface area contributed by atoms with Crippen molar-refractivity contribution < 1.29 is 29.2 Å². The molecule has 0 saturated carbocycles. The molecule has 7 heteroatoms. The number of aliphatic hydroxyl groups excluding tert-OH is 3. The molecule has 5 atom stereocenters. The maximum absolute atomic E-state index is 9.97. The molecule has 0 radical (unpaired) electrons. The summed E-state index contributed by atoms with van der Waals surface area (Å²) >= 11 is 0. The Labute approximate surface area is 121 Å². The molecule has 1 fully saturated rings. The summed E-state index contributed by atoms with van der Waals surface area (Å²) in [6.07, 6.45) is -5.43. The Hall–Kier alpha value is -0.0231. The molecule has 20 heavy (non-hydrogen) atoms. The van der Waals surface area contributed by atoms with Gasteiger partial charge >= 0.3 is 0 Å². The zero-order valence-corrected chi connectivity index (χ0v) is 14.2. The van der Waals surface area contributed by atoms with Crippen molar-refractivity contribution in [3.8, 4) is 0 Å². The molecular formula is C13H28O6Si. The first-order chi connectivity index (χ1) is 9.01. The van der Waals surface area contributed by atoms with E-state index in [1.165, 1.54) is 7.11 Å². The van der Waals surface area contributed by atoms with Crippen LogP contribution in [0.2, 0.25) is 18.1 Å². The lowest BCUT2D eigenvalue weighted by Crippen LogP contribution is -2.60. The first-order valence-corrected chi connectivity index (χ1v) is 9.78. The Morgan fingerprint density at radius 1 is 1.05 bits per heavy atom. The molecule has 0 amide bonds. The van der Waals surface area contributed by atoms with Crippen LogP contribution in [0.4, 0.5) is 0 Å². The van der Waals surface area contributed by atoms with Crippen LogP contribution in [0.15, 0.2) is 0 Å². The highest BCUT2D eigenvalue weighted by Gasteiger charge is 2.45. The van der Waals surface area contributed by atoms with Crippen molar-refractivity contribution in [3.05, 3.63) is 0 Å². The molecule has 1 saturated heterocycles. The van der Waals surface area contributed by atoms with Crippen LogP contribution in [0.5, 0.6) is 0 Å². The van der Waals surface area contributed by atoms with Gasteiger partial charge in [0.25, 0.3) is 0 Å². The number of hydrogen-bond acceptors (Lipinski definition) is 6. The van der Waals surface area contributed by atoms with E-state index in [-0.39, 0.29) is 11.6 Å². The Balaban J connectivity index is 2.68. The summed E-state index contributed by atoms with van der Waals surface area (Å²) in [7, 11) is -0.587. The van der Waals surface area contributed by atoms with Gasteiger partial charge in [-0.15, -0.1) is 0 Å². The van der Waals surface area contributed by atoms with Gasteiger partial charge in [0.15, 0.2) is 14.6 Å². The molecule has 3 unspecified atom stereocenters. The van der Waals surface area contributed by atoms with E-state index < -0.39 is 39.0 Å². The zero-order valence-electron chi connectivity index (χ0n) is 13.2. The van der Waals surface area contributed by atoms with Crippen molar-refractivity contribution in [3.63, 3.8) is 0 Å². The molecule has 0 aliphatic carbocycles. The molecular weight excluding hydrogens is 280 g/mol. The van der Waals surface area contributed by atoms with E-state index in [0.29, 0.717) is 0 Å². The van der Waals surface area contributed by atoms with Crippen LogP contribution in [-0.2, 0) is 13.9 Å². The lowest BCUT2D eigenvalue weighted by atomic mass is 9.99. The van der Waals surface area contributed by atoms with Gasteiger partial charge in [-0.25, -0.2) is 0 Å². The van der Waals surface area contributed by atoms with E-state index >= 15 is 0 Å². The van der Waals surface area contributed by atoms with Gasteiger partial charge in [0, 0.05) is 7.11 Å². The molecule has 6 nitrogen and oxygen atoms in total. The van der Waals surface area contributed by atoms with E-state index in [2.05, 4.69) is 33.9 Å². The molecule has 3 N–H and O–H groups in total. The monoisotopic (exact) mass is 308 g/mol. The Morgan fingerprint density at radius 3 is 2.05 bits per heavy atom. The first kappa shape index (κ1) is 18.0. The van der Waals surface area contributed by atoms with Crippen molar-refractivity contribution in [2.45, 2.75) is 69.6 Å². The Bertz CT molecular complexity index is 314. The molecule has 1 aliphatic rings. The normalized spacial score (nSPS) is 36.1. The second kappa shape index (κ2) is 6.39. The van der Waals surface area contributed by atoms with Crippen LogP contribution in [0.1, 0.15) is 20.8 Å². The fraction of sp³-hybridized carbons (Fsp3) is 1.00. The fourth-order valence-corrected chi connectivity index (χ4v) is 2.77. The van der Waals surface area contributed by atoms with Crippen LogP contribution >= 0.6 is 0 Å². The second-order valence-corrected chi connectivity index (χ2v) is 11.6. The lowest BCUT2D eigenvalue weighted by molar-refractivity contribution is -0.293. The largest absolute Gasteiger partial charge is 0.414 e. The summed E-state index contributed by atoms with van der Waals surface area (Å²) in [5, 5.41) is 29.5. The van der Waals surface area contributed by atoms with Crippen molar-refractivity contribution in [2.24, 2.45) is 0 Å². The standard InChI is InChI=1S/C13H28O6Si/c1-13(2,3)20(5,6)18-7-8-9(14)10(15)11(16)12(17-4)19-8/h8-12,14-16H,7H2,1-6H3/t8?,9-,10?,11?,12-/m0/s1. The van der Waals surface area contributed by atoms with Crippen molar-refractivity contribution in [1.82, 2.24) is 0 Å². The van der Waals surface area contributed by atoms with Crippen LogP contribution in [0.25, 0.3) is 0 Å². The van der Waals surface area contributed by atoms with E-state index in [4.69, 9.17) is 13.9 Å². The third-order valence-electron chi connectivity index (χ3n) is 4.32. The van der Waals surface area contributed by atoms with Crippen LogP contribution in [0, 0.1) is 0 Å². The van der Waals surface area contributed by atoms with Gasteiger partial charge in [-0.05, 0) is 18.1 Å². The minimum absolute atomic E-state index is 0.0470. The van der Waals surface area contributed by atoms with Gasteiger partial charge < -0.3 is 29.2 Å². The quantitative estimate of drug-likeness (QED) is 0.654. The van der Waals surface area contributed by atoms with Gasteiger partial charge in [0.2, 0.25) is 0 Å². The van der Waals surface area contributed by atoms with Gasteiger partial charge in [0.05, 0.1) is 6.61 Å². The Morgan fingerprint density at radius 2 is 1.60 bits per heavy atom. The van der Waals surface area contributed by atoms with E-state index in [1.807, 2.05) is 0 Å². The number of aliphatic hydroxyl groups is 3. The molecule has 0 aromatic rings. The number of ether oxygens (including phenoxy) is 2. The highest BCUT2D eigenvalue weighted by Crippen LogP contribution is 2.37. The number of methoxy groups -OCH3 is 1. The summed E-state index contributed by atoms with van der Waals surface area (Å²) < 4.78 is 16.4. The highest BCUT2D eigenvalue weighted by atomic mass is 28.4. The van der Waals surface area contributed by atoms with Gasteiger partial charge in [-0.3, -0.25) is 0 Å². The van der Waals surface area contributed by atoms with E-state index in [1.54, 1.807) is 0 Å². The summed E-state index contributed by atoms with van der Waals surface area (Å²) in [6, 6.07) is 0. The molecule has 0 aromatic heterocycles. The van der Waals surface area contributed by atoms with Crippen molar-refractivity contribution in [1.29, 1.82) is 0 Å². The maximum atomic E-state index is 9.97. The summed E-state index contributed by atoms with van der Waals surface area (Å²) in [5.74, 6) is 0. The third kappa shape index (κ3) is 3.79. The smallest absolute Gasteiger partial charge is 0.192 e. The number of rotatable bonds is 4. The van der Waals surface area contributed by atoms with Crippen LogP contribution in [0.3, 0.4) is 0 Å². The lowest BCUT2D eigenvalue weighted by Gasteiger charge is -2.42. The molecule has 0 bridgehead atoms. The average molecular weight is 308 g/mol. The van der Waals surface area contributed by atoms with Gasteiger partial charge in [-0.2, -0.15) is 0 Å². The van der Waals surface area contributed by atoms with Crippen LogP contribution in [-0.4, -0.2) is 68.1 Å². The summed E-state index contributed by atoms with van der Waals surface area (Å²) in [5.41, 5.74) is 0. The average Bonchev–Trinajstić information content (AvgIpc) is 2.34. The topological polar surface area (TPSA) is 88.4 Å². The molecule has 1 rings (SSSR count). The molecule has 1 heterocycles. The van der Waals surface area contributed by atoms with Crippen molar-refractivity contribution >= 4 is 8.32 Å². The second-order valence-electron chi connectivity index (χ2n) is 6.82. The summed E-state index contributed by atoms with van der Waals surface area (Å²) in [4.78, 5) is 0. The zero-order chi connectivity index (χ0) is 15.7. The van der Waals surface area contributed by atoms with Gasteiger partial charge in [0.1, 0.15) is 24.4 Å². The minimum Gasteiger partial charge on any atom is -0.414 e. The number of hydrogen-bond donors (Lipinski definition) is 3. The van der Waals surface area contributed by atoms with E-state index in [0.717, 1.165) is 0 Å². The predicted octanol–water partition coefficient (Wildman–Crippen LogP) is 0.462. The third-order valence-corrected chi connectivity index (χ3v) is 8.82. The molecule has 0 spiro atoms. The molecule has 0 aromatic carbocycles. The molecule has 120 valence electrons.